The average molecular weight is 411 g/mol. The van der Waals surface area contributed by atoms with E-state index < -0.39 is 0 Å². The van der Waals surface area contributed by atoms with E-state index in [1.165, 1.54) is 0 Å². The summed E-state index contributed by atoms with van der Waals surface area (Å²) in [5, 5.41) is 7.39. The van der Waals surface area contributed by atoms with Gasteiger partial charge in [-0.3, -0.25) is 4.99 Å². The lowest BCUT2D eigenvalue weighted by atomic mass is 10.2. The number of aromatic nitrogens is 2. The number of halogens is 1. The summed E-state index contributed by atoms with van der Waals surface area (Å²) >= 11 is 6.27. The first-order valence-corrected chi connectivity index (χ1v) is 9.93. The molecule has 0 bridgehead atoms. The van der Waals surface area contributed by atoms with Crippen LogP contribution >= 0.6 is 11.6 Å². The second kappa shape index (κ2) is 8.96. The summed E-state index contributed by atoms with van der Waals surface area (Å²) in [5.74, 6) is 2.90. The molecule has 3 heterocycles. The van der Waals surface area contributed by atoms with E-state index in [9.17, 15) is 0 Å². The number of pyridine rings is 1. The van der Waals surface area contributed by atoms with Crippen molar-refractivity contribution in [3.8, 4) is 11.3 Å². The van der Waals surface area contributed by atoms with Crippen molar-refractivity contribution in [2.45, 2.75) is 19.0 Å². The number of nitrogens with one attached hydrogen (secondary N) is 2. The van der Waals surface area contributed by atoms with Crippen LogP contribution in [0.25, 0.3) is 11.3 Å². The lowest BCUT2D eigenvalue weighted by Crippen LogP contribution is -2.44. The normalized spacial score (nSPS) is 16.8. The molecule has 4 rings (SSSR count). The Morgan fingerprint density at radius 2 is 2.10 bits per heavy atom. The Morgan fingerprint density at radius 3 is 2.90 bits per heavy atom. The lowest BCUT2D eigenvalue weighted by Gasteiger charge is -2.20. The van der Waals surface area contributed by atoms with Gasteiger partial charge in [0.15, 0.2) is 11.7 Å². The van der Waals surface area contributed by atoms with Crippen LogP contribution in [-0.2, 0) is 6.54 Å². The van der Waals surface area contributed by atoms with Crippen molar-refractivity contribution < 1.29 is 4.42 Å². The lowest BCUT2D eigenvalue weighted by molar-refractivity contribution is 0.496. The van der Waals surface area contributed by atoms with Crippen molar-refractivity contribution >= 4 is 23.4 Å². The minimum atomic E-state index is 0.253. The first-order chi connectivity index (χ1) is 14.2. The SMILES string of the molecule is CN=C(NCc1ncc(-c2ccccc2)o1)NC1CCN(c2ncccc2Cl)C1. The fourth-order valence-corrected chi connectivity index (χ4v) is 3.60. The summed E-state index contributed by atoms with van der Waals surface area (Å²) in [6, 6.07) is 13.9. The third-order valence-electron chi connectivity index (χ3n) is 4.81. The molecule has 0 aliphatic carbocycles. The molecule has 0 radical (unpaired) electrons. The van der Waals surface area contributed by atoms with E-state index >= 15 is 0 Å². The molecule has 3 aromatic rings. The van der Waals surface area contributed by atoms with Gasteiger partial charge in [-0.1, -0.05) is 41.9 Å². The molecule has 1 aliphatic rings. The number of nitrogens with zero attached hydrogens (tertiary/aromatic N) is 4. The van der Waals surface area contributed by atoms with Gasteiger partial charge in [-0.15, -0.1) is 0 Å². The van der Waals surface area contributed by atoms with Crippen LogP contribution in [0, 0.1) is 0 Å². The number of hydrogen-bond donors (Lipinski definition) is 2. The molecule has 29 heavy (non-hydrogen) atoms. The van der Waals surface area contributed by atoms with Crippen molar-refractivity contribution in [2.24, 2.45) is 4.99 Å². The third-order valence-corrected chi connectivity index (χ3v) is 5.11. The number of hydrogen-bond acceptors (Lipinski definition) is 5. The fourth-order valence-electron chi connectivity index (χ4n) is 3.36. The first kappa shape index (κ1) is 19.3. The van der Waals surface area contributed by atoms with Crippen molar-refractivity contribution in [1.29, 1.82) is 0 Å². The summed E-state index contributed by atoms with van der Waals surface area (Å²) in [6.07, 6.45) is 4.49. The molecule has 8 heteroatoms. The van der Waals surface area contributed by atoms with E-state index in [2.05, 4.69) is 30.5 Å². The maximum absolute atomic E-state index is 6.27. The molecule has 0 amide bonds. The minimum absolute atomic E-state index is 0.253. The molecule has 7 nitrogen and oxygen atoms in total. The topological polar surface area (TPSA) is 78.6 Å². The Kier molecular flexibility index (Phi) is 5.95. The van der Waals surface area contributed by atoms with E-state index in [0.29, 0.717) is 23.4 Å². The summed E-state index contributed by atoms with van der Waals surface area (Å²) < 4.78 is 5.84. The molecule has 1 unspecified atom stereocenters. The van der Waals surface area contributed by atoms with Crippen LogP contribution in [0.3, 0.4) is 0 Å². The molecule has 1 aromatic carbocycles. The number of benzene rings is 1. The molecule has 1 saturated heterocycles. The van der Waals surface area contributed by atoms with E-state index in [1.54, 1.807) is 19.4 Å². The molecule has 150 valence electrons. The van der Waals surface area contributed by atoms with E-state index in [4.69, 9.17) is 16.0 Å². The summed E-state index contributed by atoms with van der Waals surface area (Å²) in [5.41, 5.74) is 1.01. The summed E-state index contributed by atoms with van der Waals surface area (Å²) in [4.78, 5) is 15.2. The Morgan fingerprint density at radius 1 is 1.24 bits per heavy atom. The predicted octanol–water partition coefficient (Wildman–Crippen LogP) is 3.33. The molecule has 0 saturated carbocycles. The molecule has 0 spiro atoms. The second-order valence-corrected chi connectivity index (χ2v) is 7.20. The van der Waals surface area contributed by atoms with Crippen molar-refractivity contribution in [3.05, 3.63) is 65.8 Å². The maximum atomic E-state index is 6.27. The Bertz CT molecular complexity index is 974. The van der Waals surface area contributed by atoms with Gasteiger partial charge in [-0.05, 0) is 18.6 Å². The van der Waals surface area contributed by atoms with Crippen LogP contribution in [0.1, 0.15) is 12.3 Å². The zero-order valence-electron chi connectivity index (χ0n) is 16.2. The Balaban J connectivity index is 1.31. The number of rotatable bonds is 5. The molecule has 1 fully saturated rings. The Labute approximate surface area is 174 Å². The van der Waals surface area contributed by atoms with E-state index in [1.807, 2.05) is 42.5 Å². The summed E-state index contributed by atoms with van der Waals surface area (Å²) in [7, 11) is 1.75. The standard InChI is InChI=1S/C21H23ClN6O/c1-23-21(26-13-19-25-12-18(29-19)15-6-3-2-4-7-15)27-16-9-11-28(14-16)20-17(22)8-5-10-24-20/h2-8,10,12,16H,9,11,13-14H2,1H3,(H2,23,26,27). The van der Waals surface area contributed by atoms with Crippen LogP contribution in [0.2, 0.25) is 5.02 Å². The van der Waals surface area contributed by atoms with Gasteiger partial charge >= 0.3 is 0 Å². The average Bonchev–Trinajstić information content (AvgIpc) is 3.42. The van der Waals surface area contributed by atoms with Gasteiger partial charge in [-0.25, -0.2) is 9.97 Å². The molecule has 2 aromatic heterocycles. The fraction of sp³-hybridized carbons (Fsp3) is 0.286. The number of guanidine groups is 1. The largest absolute Gasteiger partial charge is 0.439 e. The molecule has 1 atom stereocenters. The molecular formula is C21H23ClN6O. The number of anilines is 1. The predicted molar refractivity (Wildman–Crippen MR) is 115 cm³/mol. The molecular weight excluding hydrogens is 388 g/mol. The highest BCUT2D eigenvalue weighted by molar-refractivity contribution is 6.32. The minimum Gasteiger partial charge on any atom is -0.439 e. The van der Waals surface area contributed by atoms with Crippen LogP contribution < -0.4 is 15.5 Å². The van der Waals surface area contributed by atoms with E-state index in [0.717, 1.165) is 36.7 Å². The second-order valence-electron chi connectivity index (χ2n) is 6.79. The monoisotopic (exact) mass is 410 g/mol. The maximum Gasteiger partial charge on any atom is 0.214 e. The van der Waals surface area contributed by atoms with Gasteiger partial charge in [0.2, 0.25) is 5.89 Å². The van der Waals surface area contributed by atoms with Gasteiger partial charge < -0.3 is 20.0 Å². The summed E-state index contributed by atoms with van der Waals surface area (Å²) in [6.45, 7) is 2.16. The smallest absolute Gasteiger partial charge is 0.214 e. The van der Waals surface area contributed by atoms with Crippen LogP contribution in [0.15, 0.2) is 64.3 Å². The quantitative estimate of drug-likeness (QED) is 0.496. The highest BCUT2D eigenvalue weighted by Gasteiger charge is 2.25. The zero-order valence-corrected chi connectivity index (χ0v) is 16.9. The van der Waals surface area contributed by atoms with Gasteiger partial charge in [0, 0.05) is 37.9 Å². The number of oxazole rings is 1. The van der Waals surface area contributed by atoms with E-state index in [-0.39, 0.29) is 6.04 Å². The van der Waals surface area contributed by atoms with Gasteiger partial charge in [0.05, 0.1) is 17.8 Å². The van der Waals surface area contributed by atoms with Gasteiger partial charge in [0.1, 0.15) is 5.82 Å². The van der Waals surface area contributed by atoms with Crippen molar-refractivity contribution in [3.63, 3.8) is 0 Å². The van der Waals surface area contributed by atoms with Crippen molar-refractivity contribution in [1.82, 2.24) is 20.6 Å². The van der Waals surface area contributed by atoms with Crippen LogP contribution in [0.4, 0.5) is 5.82 Å². The van der Waals surface area contributed by atoms with Crippen LogP contribution in [-0.4, -0.2) is 42.1 Å². The third kappa shape index (κ3) is 4.68. The highest BCUT2D eigenvalue weighted by Crippen LogP contribution is 2.25. The number of aliphatic imine (C=N–C) groups is 1. The first-order valence-electron chi connectivity index (χ1n) is 9.55. The zero-order chi connectivity index (χ0) is 20.1. The molecule has 2 N–H and O–H groups in total. The Hall–Kier alpha value is -3.06. The van der Waals surface area contributed by atoms with Gasteiger partial charge in [-0.2, -0.15) is 0 Å². The van der Waals surface area contributed by atoms with Gasteiger partial charge in [0.25, 0.3) is 0 Å². The molecule has 1 aliphatic heterocycles. The van der Waals surface area contributed by atoms with Crippen LogP contribution in [0.5, 0.6) is 0 Å². The highest BCUT2D eigenvalue weighted by atomic mass is 35.5. The van der Waals surface area contributed by atoms with Crippen molar-refractivity contribution in [2.75, 3.05) is 25.0 Å².